The zero-order valence-electron chi connectivity index (χ0n) is 6.87. The molecule has 0 amide bonds. The van der Waals surface area contributed by atoms with Gasteiger partial charge < -0.3 is 5.11 Å². The van der Waals surface area contributed by atoms with Crippen LogP contribution in [0.1, 0.15) is 16.1 Å². The van der Waals surface area contributed by atoms with Gasteiger partial charge in [0, 0.05) is 5.56 Å². The van der Waals surface area contributed by atoms with Gasteiger partial charge in [-0.25, -0.2) is 13.6 Å². The highest BCUT2D eigenvalue weighted by Gasteiger charge is 2.17. The number of nitrogens with zero attached hydrogens (tertiary/aromatic N) is 2. The number of carbonyl (C=O) groups is 1. The zero-order valence-corrected chi connectivity index (χ0v) is 6.87. The van der Waals surface area contributed by atoms with Gasteiger partial charge in [-0.05, 0) is 6.92 Å². The lowest BCUT2D eigenvalue weighted by Gasteiger charge is -2.03. The second kappa shape index (κ2) is 3.51. The number of carboxylic acids is 1. The van der Waals surface area contributed by atoms with E-state index in [1.54, 1.807) is 0 Å². The van der Waals surface area contributed by atoms with E-state index in [2.05, 4.69) is 5.10 Å². The van der Waals surface area contributed by atoms with Crippen molar-refractivity contribution in [2.24, 2.45) is 0 Å². The zero-order chi connectivity index (χ0) is 10.0. The van der Waals surface area contributed by atoms with Crippen LogP contribution in [0.5, 0.6) is 0 Å². The molecule has 0 aliphatic rings. The molecule has 0 atom stereocenters. The lowest BCUT2D eigenvalue weighted by atomic mass is 10.3. The molecule has 1 N–H and O–H groups in total. The van der Waals surface area contributed by atoms with E-state index in [4.69, 9.17) is 5.11 Å². The van der Waals surface area contributed by atoms with E-state index in [1.807, 2.05) is 0 Å². The molecular weight excluding hydrogens is 182 g/mol. The Balaban J connectivity index is 3.00. The molecule has 0 bridgehead atoms. The van der Waals surface area contributed by atoms with Crippen molar-refractivity contribution in [1.82, 2.24) is 9.78 Å². The Bertz CT molecular complexity index is 322. The first-order chi connectivity index (χ1) is 6.02. The van der Waals surface area contributed by atoms with Gasteiger partial charge in [-0.2, -0.15) is 5.10 Å². The number of aryl methyl sites for hydroxylation is 1. The molecule has 6 heteroatoms. The summed E-state index contributed by atoms with van der Waals surface area (Å²) in [6, 6.07) is 0. The molecule has 0 spiro atoms. The Morgan fingerprint density at radius 2 is 2.38 bits per heavy atom. The number of alkyl halides is 2. The van der Waals surface area contributed by atoms with E-state index in [0.717, 1.165) is 4.68 Å². The monoisotopic (exact) mass is 190 g/mol. The second-order valence-corrected chi connectivity index (χ2v) is 2.55. The summed E-state index contributed by atoms with van der Waals surface area (Å²) < 4.78 is 24.6. The van der Waals surface area contributed by atoms with E-state index >= 15 is 0 Å². The molecule has 13 heavy (non-hydrogen) atoms. The minimum atomic E-state index is -2.60. The van der Waals surface area contributed by atoms with Gasteiger partial charge in [0.05, 0.1) is 6.20 Å². The van der Waals surface area contributed by atoms with Crippen LogP contribution in [0.15, 0.2) is 6.20 Å². The Morgan fingerprint density at radius 3 is 2.85 bits per heavy atom. The Labute approximate surface area is 72.8 Å². The van der Waals surface area contributed by atoms with E-state index in [1.165, 1.54) is 13.1 Å². The Hall–Kier alpha value is -1.46. The molecule has 1 aromatic rings. The van der Waals surface area contributed by atoms with E-state index in [0.29, 0.717) is 5.56 Å². The van der Waals surface area contributed by atoms with Crippen LogP contribution in [0.2, 0.25) is 0 Å². The SMILES string of the molecule is Cc1cnn(CC(F)F)c1C(=O)O. The standard InChI is InChI=1S/C7H8F2N2O2/c1-4-2-10-11(3-5(8)9)6(4)7(12)13/h2,5H,3H2,1H3,(H,12,13). The van der Waals surface area contributed by atoms with Crippen LogP contribution in [0.4, 0.5) is 8.78 Å². The van der Waals surface area contributed by atoms with Gasteiger partial charge in [0.2, 0.25) is 0 Å². The van der Waals surface area contributed by atoms with Gasteiger partial charge in [-0.15, -0.1) is 0 Å². The minimum absolute atomic E-state index is 0.180. The molecule has 0 aromatic carbocycles. The maximum absolute atomic E-state index is 11.9. The highest BCUT2D eigenvalue weighted by molar-refractivity contribution is 5.87. The maximum atomic E-state index is 11.9. The van der Waals surface area contributed by atoms with Crippen LogP contribution in [-0.2, 0) is 6.54 Å². The lowest BCUT2D eigenvalue weighted by Crippen LogP contribution is -2.15. The summed E-state index contributed by atoms with van der Waals surface area (Å²) in [5.41, 5.74) is 0.202. The first-order valence-electron chi connectivity index (χ1n) is 3.56. The molecule has 0 unspecified atom stereocenters. The summed E-state index contributed by atoms with van der Waals surface area (Å²) in [5.74, 6) is -1.24. The lowest BCUT2D eigenvalue weighted by molar-refractivity contribution is 0.0670. The molecule has 1 aromatic heterocycles. The topological polar surface area (TPSA) is 55.1 Å². The quantitative estimate of drug-likeness (QED) is 0.777. The molecule has 72 valence electrons. The third kappa shape index (κ3) is 2.01. The van der Waals surface area contributed by atoms with E-state index in [9.17, 15) is 13.6 Å². The molecular formula is C7H8F2N2O2. The van der Waals surface area contributed by atoms with Crippen molar-refractivity contribution in [1.29, 1.82) is 0 Å². The summed E-state index contributed by atoms with van der Waals surface area (Å²) in [7, 11) is 0. The van der Waals surface area contributed by atoms with Crippen molar-refractivity contribution >= 4 is 5.97 Å². The maximum Gasteiger partial charge on any atom is 0.354 e. The fraction of sp³-hybridized carbons (Fsp3) is 0.429. The van der Waals surface area contributed by atoms with Crippen LogP contribution in [0, 0.1) is 6.92 Å². The first-order valence-corrected chi connectivity index (χ1v) is 3.56. The van der Waals surface area contributed by atoms with Crippen molar-refractivity contribution in [2.45, 2.75) is 19.9 Å². The molecule has 1 rings (SSSR count). The molecule has 1 heterocycles. The number of rotatable bonds is 3. The van der Waals surface area contributed by atoms with Gasteiger partial charge in [0.1, 0.15) is 12.2 Å². The third-order valence-corrected chi connectivity index (χ3v) is 1.54. The molecule has 0 aliphatic heterocycles. The summed E-state index contributed by atoms with van der Waals surface area (Å²) in [5, 5.41) is 12.2. The summed E-state index contributed by atoms with van der Waals surface area (Å²) in [6.45, 7) is 0.827. The van der Waals surface area contributed by atoms with Crippen LogP contribution in [0.25, 0.3) is 0 Å². The van der Waals surface area contributed by atoms with E-state index in [-0.39, 0.29) is 5.69 Å². The highest BCUT2D eigenvalue weighted by atomic mass is 19.3. The summed E-state index contributed by atoms with van der Waals surface area (Å²) in [4.78, 5) is 10.6. The van der Waals surface area contributed by atoms with Crippen LogP contribution >= 0.6 is 0 Å². The molecule has 0 fully saturated rings. The molecule has 4 nitrogen and oxygen atoms in total. The predicted molar refractivity (Wildman–Crippen MR) is 39.9 cm³/mol. The van der Waals surface area contributed by atoms with Crippen molar-refractivity contribution in [3.63, 3.8) is 0 Å². The van der Waals surface area contributed by atoms with Crippen molar-refractivity contribution in [3.8, 4) is 0 Å². The Kier molecular flexibility index (Phi) is 2.60. The fourth-order valence-corrected chi connectivity index (χ4v) is 1.03. The minimum Gasteiger partial charge on any atom is -0.477 e. The van der Waals surface area contributed by atoms with Crippen molar-refractivity contribution in [2.75, 3.05) is 0 Å². The number of aromatic nitrogens is 2. The second-order valence-electron chi connectivity index (χ2n) is 2.55. The van der Waals surface area contributed by atoms with Crippen molar-refractivity contribution < 1.29 is 18.7 Å². The Morgan fingerprint density at radius 1 is 1.77 bits per heavy atom. The number of carboxylic acid groups (broad SMARTS) is 1. The molecule has 0 aliphatic carbocycles. The number of aromatic carboxylic acids is 1. The predicted octanol–water partition coefficient (Wildman–Crippen LogP) is 1.15. The number of halogens is 2. The number of hydrogen-bond acceptors (Lipinski definition) is 2. The van der Waals surface area contributed by atoms with Gasteiger partial charge in [-0.3, -0.25) is 4.68 Å². The van der Waals surface area contributed by atoms with Crippen LogP contribution in [-0.4, -0.2) is 27.3 Å². The third-order valence-electron chi connectivity index (χ3n) is 1.54. The van der Waals surface area contributed by atoms with Gasteiger partial charge in [-0.1, -0.05) is 0 Å². The summed E-state index contributed by atoms with van der Waals surface area (Å²) >= 11 is 0. The molecule has 0 saturated carbocycles. The number of hydrogen-bond donors (Lipinski definition) is 1. The normalized spacial score (nSPS) is 10.8. The van der Waals surface area contributed by atoms with Crippen LogP contribution in [0.3, 0.4) is 0 Å². The van der Waals surface area contributed by atoms with Gasteiger partial charge in [0.15, 0.2) is 0 Å². The van der Waals surface area contributed by atoms with Gasteiger partial charge in [0.25, 0.3) is 6.43 Å². The van der Waals surface area contributed by atoms with E-state index < -0.39 is 18.9 Å². The summed E-state index contributed by atoms with van der Waals surface area (Å²) in [6.07, 6.45) is -1.34. The van der Waals surface area contributed by atoms with Crippen LogP contribution < -0.4 is 0 Å². The average molecular weight is 190 g/mol. The van der Waals surface area contributed by atoms with Gasteiger partial charge >= 0.3 is 5.97 Å². The molecule has 0 saturated heterocycles. The largest absolute Gasteiger partial charge is 0.477 e. The first kappa shape index (κ1) is 9.63. The smallest absolute Gasteiger partial charge is 0.354 e. The highest BCUT2D eigenvalue weighted by Crippen LogP contribution is 2.08. The molecule has 0 radical (unpaired) electrons. The van der Waals surface area contributed by atoms with Crippen molar-refractivity contribution in [3.05, 3.63) is 17.5 Å². The average Bonchev–Trinajstić information content (AvgIpc) is 2.30. The fourth-order valence-electron chi connectivity index (χ4n) is 1.03.